The summed E-state index contributed by atoms with van der Waals surface area (Å²) in [5, 5.41) is 4.79. The van der Waals surface area contributed by atoms with Gasteiger partial charge in [-0.15, -0.1) is 0 Å². The molecule has 36 heavy (non-hydrogen) atoms. The number of halogens is 2. The molecule has 4 nitrogen and oxygen atoms in total. The van der Waals surface area contributed by atoms with Crippen LogP contribution in [0.3, 0.4) is 0 Å². The number of carbonyl (C=O) groups excluding carboxylic acids is 1. The lowest BCUT2D eigenvalue weighted by Crippen LogP contribution is -2.25. The van der Waals surface area contributed by atoms with Crippen LogP contribution in [0.1, 0.15) is 21.6 Å². The summed E-state index contributed by atoms with van der Waals surface area (Å²) in [6.45, 7) is 1.03. The van der Waals surface area contributed by atoms with E-state index < -0.39 is 0 Å². The first-order valence-corrected chi connectivity index (χ1v) is 13.0. The highest BCUT2D eigenvalue weighted by Gasteiger charge is 2.17. The molecule has 6 heteroatoms. The number of methoxy groups -OCH3 is 1. The number of ether oxygens (including phenoxy) is 1. The van der Waals surface area contributed by atoms with Crippen LogP contribution in [0.4, 0.5) is 0 Å². The second-order valence-corrected chi connectivity index (χ2v) is 10.2. The maximum Gasteiger partial charge on any atom is 0.268 e. The summed E-state index contributed by atoms with van der Waals surface area (Å²) in [5.41, 5.74) is 5.93. The first-order valence-electron chi connectivity index (χ1n) is 11.5. The minimum atomic E-state index is -0.107. The summed E-state index contributed by atoms with van der Waals surface area (Å²) < 4.78 is 8.52. The molecule has 0 spiro atoms. The van der Waals surface area contributed by atoms with E-state index in [-0.39, 0.29) is 5.91 Å². The van der Waals surface area contributed by atoms with Crippen LogP contribution < -0.4 is 10.1 Å². The van der Waals surface area contributed by atoms with Crippen LogP contribution >= 0.6 is 34.2 Å². The fraction of sp³-hybridized carbons (Fsp3) is 0.100. The minimum absolute atomic E-state index is 0.107. The fourth-order valence-corrected chi connectivity index (χ4v) is 4.73. The summed E-state index contributed by atoms with van der Waals surface area (Å²) in [4.78, 5) is 13.4. The Bertz CT molecular complexity index is 1510. The SMILES string of the molecule is COc1ccc(-c2ccc3c(c2)cc(C(=O)NCc2ccc(I)cc2)n3Cc2ccc(Cl)cc2)cc1. The smallest absolute Gasteiger partial charge is 0.268 e. The molecule has 0 fully saturated rings. The van der Waals surface area contributed by atoms with Gasteiger partial charge in [0.2, 0.25) is 0 Å². The topological polar surface area (TPSA) is 43.3 Å². The molecule has 0 radical (unpaired) electrons. The van der Waals surface area contributed by atoms with Crippen LogP contribution in [0.15, 0.2) is 97.1 Å². The summed E-state index contributed by atoms with van der Waals surface area (Å²) in [7, 11) is 1.66. The Balaban J connectivity index is 1.50. The lowest BCUT2D eigenvalue weighted by Gasteiger charge is -2.12. The van der Waals surface area contributed by atoms with Crippen LogP contribution in [0.5, 0.6) is 5.75 Å². The molecule has 0 atom stereocenters. The number of hydrogen-bond acceptors (Lipinski definition) is 2. The lowest BCUT2D eigenvalue weighted by molar-refractivity contribution is 0.0942. The molecule has 0 aliphatic heterocycles. The third kappa shape index (κ3) is 5.42. The first kappa shape index (κ1) is 24.4. The number of amides is 1. The molecular weight excluding hydrogens is 583 g/mol. The molecule has 0 saturated heterocycles. The van der Waals surface area contributed by atoms with E-state index in [2.05, 4.69) is 50.7 Å². The number of nitrogens with zero attached hydrogens (tertiary/aromatic N) is 1. The Hall–Kier alpha value is -3.29. The molecule has 0 aliphatic rings. The molecule has 0 bridgehead atoms. The Morgan fingerprint density at radius 2 is 1.53 bits per heavy atom. The van der Waals surface area contributed by atoms with E-state index in [1.54, 1.807) is 7.11 Å². The molecule has 1 N–H and O–H groups in total. The molecule has 0 aliphatic carbocycles. The van der Waals surface area contributed by atoms with Gasteiger partial charge in [-0.25, -0.2) is 0 Å². The number of carbonyl (C=O) groups is 1. The summed E-state index contributed by atoms with van der Waals surface area (Å²) >= 11 is 8.37. The zero-order valence-electron chi connectivity index (χ0n) is 19.7. The van der Waals surface area contributed by atoms with Gasteiger partial charge in [-0.1, -0.05) is 54.1 Å². The normalized spacial score (nSPS) is 11.0. The van der Waals surface area contributed by atoms with E-state index in [0.717, 1.165) is 38.9 Å². The van der Waals surface area contributed by atoms with E-state index in [1.807, 2.05) is 78.9 Å². The van der Waals surface area contributed by atoms with Gasteiger partial charge in [0.05, 0.1) is 7.11 Å². The molecule has 5 aromatic rings. The number of benzene rings is 4. The van der Waals surface area contributed by atoms with Crippen LogP contribution in [-0.4, -0.2) is 17.6 Å². The quantitative estimate of drug-likeness (QED) is 0.194. The monoisotopic (exact) mass is 606 g/mol. The maximum atomic E-state index is 13.4. The standard InChI is InChI=1S/C30H24ClIN2O2/c1-36-27-13-6-22(7-14-27)23-8-15-28-24(16-23)17-29(34(28)19-21-2-9-25(31)10-3-21)30(35)33-18-20-4-11-26(32)12-5-20/h2-17H,18-19H2,1H3,(H,33,35). The Morgan fingerprint density at radius 1 is 0.861 bits per heavy atom. The lowest BCUT2D eigenvalue weighted by atomic mass is 10.0. The van der Waals surface area contributed by atoms with Crippen molar-refractivity contribution in [1.82, 2.24) is 9.88 Å². The van der Waals surface area contributed by atoms with Crippen molar-refractivity contribution < 1.29 is 9.53 Å². The summed E-state index contributed by atoms with van der Waals surface area (Å²) in [6, 6.07) is 32.2. The number of fused-ring (bicyclic) bond motifs is 1. The van der Waals surface area contributed by atoms with Gasteiger partial charge in [-0.05, 0) is 99.4 Å². The predicted octanol–water partition coefficient (Wildman–Crippen LogP) is 7.55. The van der Waals surface area contributed by atoms with Crippen molar-refractivity contribution in [2.24, 2.45) is 0 Å². The zero-order valence-corrected chi connectivity index (χ0v) is 22.6. The number of hydrogen-bond donors (Lipinski definition) is 1. The van der Waals surface area contributed by atoms with Crippen molar-refractivity contribution in [2.45, 2.75) is 13.1 Å². The second-order valence-electron chi connectivity index (χ2n) is 8.55. The van der Waals surface area contributed by atoms with Crippen molar-refractivity contribution in [3.05, 3.63) is 122 Å². The second kappa shape index (κ2) is 10.8. The van der Waals surface area contributed by atoms with Crippen LogP contribution in [0, 0.1) is 3.57 Å². The largest absolute Gasteiger partial charge is 0.497 e. The predicted molar refractivity (Wildman–Crippen MR) is 155 cm³/mol. The van der Waals surface area contributed by atoms with Crippen LogP contribution in [-0.2, 0) is 13.1 Å². The number of nitrogens with one attached hydrogen (secondary N) is 1. The number of rotatable bonds is 7. The third-order valence-electron chi connectivity index (χ3n) is 6.18. The first-order chi connectivity index (χ1) is 17.5. The van der Waals surface area contributed by atoms with Gasteiger partial charge in [0.25, 0.3) is 5.91 Å². The highest BCUT2D eigenvalue weighted by atomic mass is 127. The molecule has 0 saturated carbocycles. The van der Waals surface area contributed by atoms with E-state index in [1.165, 1.54) is 3.57 Å². The Morgan fingerprint density at radius 3 is 2.22 bits per heavy atom. The van der Waals surface area contributed by atoms with Gasteiger partial charge >= 0.3 is 0 Å². The van der Waals surface area contributed by atoms with E-state index in [0.29, 0.717) is 23.8 Å². The summed E-state index contributed by atoms with van der Waals surface area (Å²) in [5.74, 6) is 0.714. The maximum absolute atomic E-state index is 13.4. The van der Waals surface area contributed by atoms with Gasteiger partial charge < -0.3 is 14.6 Å². The number of aromatic nitrogens is 1. The van der Waals surface area contributed by atoms with Crippen molar-refractivity contribution in [3.8, 4) is 16.9 Å². The van der Waals surface area contributed by atoms with E-state index in [4.69, 9.17) is 16.3 Å². The molecule has 1 heterocycles. The van der Waals surface area contributed by atoms with Crippen LogP contribution in [0.2, 0.25) is 5.02 Å². The van der Waals surface area contributed by atoms with Gasteiger partial charge in [0, 0.05) is 32.6 Å². The molecule has 1 aromatic heterocycles. The van der Waals surface area contributed by atoms with Gasteiger partial charge in [0.15, 0.2) is 0 Å². The van der Waals surface area contributed by atoms with Crippen molar-refractivity contribution >= 4 is 51.0 Å². The van der Waals surface area contributed by atoms with E-state index in [9.17, 15) is 4.79 Å². The molecule has 4 aromatic carbocycles. The molecule has 1 amide bonds. The molecule has 5 rings (SSSR count). The summed E-state index contributed by atoms with van der Waals surface area (Å²) in [6.07, 6.45) is 0. The van der Waals surface area contributed by atoms with E-state index >= 15 is 0 Å². The van der Waals surface area contributed by atoms with Gasteiger partial charge in [0.1, 0.15) is 11.4 Å². The third-order valence-corrected chi connectivity index (χ3v) is 7.15. The highest BCUT2D eigenvalue weighted by Crippen LogP contribution is 2.29. The molecule has 0 unspecified atom stereocenters. The average Bonchev–Trinajstić information content (AvgIpc) is 3.27. The van der Waals surface area contributed by atoms with Gasteiger partial charge in [-0.3, -0.25) is 4.79 Å². The fourth-order valence-electron chi connectivity index (χ4n) is 4.24. The van der Waals surface area contributed by atoms with Crippen molar-refractivity contribution in [3.63, 3.8) is 0 Å². The van der Waals surface area contributed by atoms with Gasteiger partial charge in [-0.2, -0.15) is 0 Å². The molecule has 180 valence electrons. The Labute approximate surface area is 229 Å². The van der Waals surface area contributed by atoms with Crippen molar-refractivity contribution in [1.29, 1.82) is 0 Å². The Kier molecular flexibility index (Phi) is 7.30. The highest BCUT2D eigenvalue weighted by molar-refractivity contribution is 14.1. The minimum Gasteiger partial charge on any atom is -0.497 e. The molecular formula is C30H24ClIN2O2. The van der Waals surface area contributed by atoms with Crippen molar-refractivity contribution in [2.75, 3.05) is 7.11 Å². The zero-order chi connectivity index (χ0) is 25.1. The average molecular weight is 607 g/mol. The van der Waals surface area contributed by atoms with Crippen LogP contribution in [0.25, 0.3) is 22.0 Å².